The summed E-state index contributed by atoms with van der Waals surface area (Å²) in [5, 5.41) is 9.29. The fraction of sp³-hybridized carbons (Fsp3) is 0.250. The summed E-state index contributed by atoms with van der Waals surface area (Å²) in [5.74, 6) is 0.703. The Bertz CT molecular complexity index is 654. The Kier molecular flexibility index (Phi) is 3.52. The molecular formula is C16H17N3. The third-order valence-electron chi connectivity index (χ3n) is 3.28. The van der Waals surface area contributed by atoms with Crippen LogP contribution < -0.4 is 4.90 Å². The second kappa shape index (κ2) is 5.11. The van der Waals surface area contributed by atoms with Crippen molar-refractivity contribution >= 4 is 11.5 Å². The molecule has 3 nitrogen and oxygen atoms in total. The fourth-order valence-electron chi connectivity index (χ4n) is 2.23. The van der Waals surface area contributed by atoms with Crippen LogP contribution in [-0.4, -0.2) is 12.0 Å². The molecule has 0 saturated carbocycles. The van der Waals surface area contributed by atoms with Gasteiger partial charge in [0.05, 0.1) is 5.56 Å². The minimum atomic E-state index is 0.630. The van der Waals surface area contributed by atoms with Crippen molar-refractivity contribution in [3.8, 4) is 6.07 Å². The minimum Gasteiger partial charge on any atom is -0.328 e. The van der Waals surface area contributed by atoms with E-state index in [1.165, 1.54) is 11.1 Å². The predicted octanol–water partition coefficient (Wildman–Crippen LogP) is 3.65. The quantitative estimate of drug-likeness (QED) is 0.818. The summed E-state index contributed by atoms with van der Waals surface area (Å²) in [7, 11) is 1.94. The zero-order chi connectivity index (χ0) is 14.0. The molecule has 0 unspecified atom stereocenters. The number of anilines is 2. The van der Waals surface area contributed by atoms with Crippen LogP contribution in [0.3, 0.4) is 0 Å². The molecule has 0 fully saturated rings. The molecule has 0 radical (unpaired) electrons. The topological polar surface area (TPSA) is 39.9 Å². The predicted molar refractivity (Wildman–Crippen MR) is 77.7 cm³/mol. The number of nitrogens with zero attached hydrogens (tertiary/aromatic N) is 3. The van der Waals surface area contributed by atoms with Gasteiger partial charge in [0.1, 0.15) is 6.07 Å². The van der Waals surface area contributed by atoms with Crippen LogP contribution in [0.5, 0.6) is 0 Å². The van der Waals surface area contributed by atoms with Crippen molar-refractivity contribution in [1.29, 1.82) is 5.26 Å². The van der Waals surface area contributed by atoms with E-state index in [1.807, 2.05) is 24.9 Å². The Balaban J connectivity index is 2.54. The van der Waals surface area contributed by atoms with Crippen LogP contribution in [0.2, 0.25) is 0 Å². The molecule has 2 rings (SSSR count). The van der Waals surface area contributed by atoms with Gasteiger partial charge >= 0.3 is 0 Å². The lowest BCUT2D eigenvalue weighted by Crippen LogP contribution is -2.14. The Labute approximate surface area is 114 Å². The molecule has 0 saturated heterocycles. The monoisotopic (exact) mass is 251 g/mol. The first kappa shape index (κ1) is 13.1. The van der Waals surface area contributed by atoms with E-state index in [1.54, 1.807) is 6.20 Å². The molecule has 0 aliphatic heterocycles. The Hall–Kier alpha value is -2.34. The molecule has 0 atom stereocenters. The number of pyridine rings is 1. The highest BCUT2D eigenvalue weighted by atomic mass is 15.2. The van der Waals surface area contributed by atoms with Crippen LogP contribution in [0, 0.1) is 32.1 Å². The molecule has 1 heterocycles. The highest BCUT2D eigenvalue weighted by molar-refractivity contribution is 5.69. The highest BCUT2D eigenvalue weighted by Gasteiger charge is 2.14. The number of hydrogen-bond donors (Lipinski definition) is 0. The van der Waals surface area contributed by atoms with Crippen LogP contribution in [-0.2, 0) is 0 Å². The Morgan fingerprint density at radius 3 is 2.47 bits per heavy atom. The van der Waals surface area contributed by atoms with Crippen molar-refractivity contribution in [2.75, 3.05) is 11.9 Å². The lowest BCUT2D eigenvalue weighted by molar-refractivity contribution is 1.09. The highest BCUT2D eigenvalue weighted by Crippen LogP contribution is 2.29. The van der Waals surface area contributed by atoms with Gasteiger partial charge in [-0.1, -0.05) is 17.7 Å². The number of nitriles is 1. The maximum atomic E-state index is 9.29. The first-order chi connectivity index (χ1) is 9.04. The van der Waals surface area contributed by atoms with Gasteiger partial charge in [0.15, 0.2) is 5.82 Å². The van der Waals surface area contributed by atoms with E-state index in [2.05, 4.69) is 43.1 Å². The van der Waals surface area contributed by atoms with E-state index in [9.17, 15) is 5.26 Å². The van der Waals surface area contributed by atoms with Gasteiger partial charge in [-0.25, -0.2) is 4.98 Å². The van der Waals surface area contributed by atoms with Gasteiger partial charge in [-0.15, -0.1) is 0 Å². The van der Waals surface area contributed by atoms with Gasteiger partial charge in [-0.2, -0.15) is 5.26 Å². The molecule has 19 heavy (non-hydrogen) atoms. The molecule has 0 amide bonds. The molecule has 0 N–H and O–H groups in total. The Morgan fingerprint density at radius 1 is 1.11 bits per heavy atom. The van der Waals surface area contributed by atoms with Crippen molar-refractivity contribution in [2.24, 2.45) is 0 Å². The van der Waals surface area contributed by atoms with Crippen LogP contribution in [0.1, 0.15) is 22.3 Å². The van der Waals surface area contributed by atoms with Gasteiger partial charge in [-0.3, -0.25) is 0 Å². The lowest BCUT2D eigenvalue weighted by atomic mass is 10.1. The largest absolute Gasteiger partial charge is 0.328 e. The molecule has 1 aromatic carbocycles. The number of hydrogen-bond acceptors (Lipinski definition) is 3. The summed E-state index contributed by atoms with van der Waals surface area (Å²) >= 11 is 0. The van der Waals surface area contributed by atoms with Crippen molar-refractivity contribution in [1.82, 2.24) is 4.98 Å². The number of rotatable bonds is 2. The summed E-state index contributed by atoms with van der Waals surface area (Å²) in [5.41, 5.74) is 5.05. The summed E-state index contributed by atoms with van der Waals surface area (Å²) < 4.78 is 0. The van der Waals surface area contributed by atoms with Crippen LogP contribution in [0.25, 0.3) is 0 Å². The lowest BCUT2D eigenvalue weighted by Gasteiger charge is -2.22. The molecule has 96 valence electrons. The van der Waals surface area contributed by atoms with E-state index < -0.39 is 0 Å². The molecule has 0 spiro atoms. The average molecular weight is 251 g/mol. The van der Waals surface area contributed by atoms with Crippen LogP contribution in [0.4, 0.5) is 11.5 Å². The zero-order valence-electron chi connectivity index (χ0n) is 11.7. The van der Waals surface area contributed by atoms with Gasteiger partial charge in [-0.05, 0) is 44.0 Å². The SMILES string of the molecule is Cc1ccc(N(C)c2nccc(C)c2C#N)c(C)c1. The van der Waals surface area contributed by atoms with E-state index in [4.69, 9.17) is 0 Å². The molecule has 2 aromatic rings. The van der Waals surface area contributed by atoms with Crippen molar-refractivity contribution in [3.63, 3.8) is 0 Å². The third-order valence-corrected chi connectivity index (χ3v) is 3.28. The number of aromatic nitrogens is 1. The summed E-state index contributed by atoms with van der Waals surface area (Å²) in [6.45, 7) is 6.07. The standard InChI is InChI=1S/C16H17N3/c1-11-5-6-15(13(3)9-11)19(4)16-14(10-17)12(2)7-8-18-16/h5-9H,1-4H3. The molecule has 3 heteroatoms. The van der Waals surface area contributed by atoms with E-state index >= 15 is 0 Å². The maximum Gasteiger partial charge on any atom is 0.150 e. The molecule has 1 aromatic heterocycles. The van der Waals surface area contributed by atoms with Crippen molar-refractivity contribution in [2.45, 2.75) is 20.8 Å². The molecular weight excluding hydrogens is 234 g/mol. The van der Waals surface area contributed by atoms with Gasteiger partial charge in [0.25, 0.3) is 0 Å². The zero-order valence-corrected chi connectivity index (χ0v) is 11.7. The van der Waals surface area contributed by atoms with Crippen LogP contribution >= 0.6 is 0 Å². The second-order valence-electron chi connectivity index (χ2n) is 4.79. The van der Waals surface area contributed by atoms with E-state index in [-0.39, 0.29) is 0 Å². The Morgan fingerprint density at radius 2 is 1.84 bits per heavy atom. The first-order valence-electron chi connectivity index (χ1n) is 6.21. The summed E-state index contributed by atoms with van der Waals surface area (Å²) in [6, 6.07) is 10.4. The average Bonchev–Trinajstić information content (AvgIpc) is 2.37. The fourth-order valence-corrected chi connectivity index (χ4v) is 2.23. The van der Waals surface area contributed by atoms with E-state index in [0.29, 0.717) is 11.4 Å². The minimum absolute atomic E-state index is 0.630. The summed E-state index contributed by atoms with van der Waals surface area (Å²) in [4.78, 5) is 6.33. The van der Waals surface area contributed by atoms with Crippen molar-refractivity contribution in [3.05, 3.63) is 52.7 Å². The van der Waals surface area contributed by atoms with Gasteiger partial charge in [0.2, 0.25) is 0 Å². The summed E-state index contributed by atoms with van der Waals surface area (Å²) in [6.07, 6.45) is 1.74. The third kappa shape index (κ3) is 2.43. The number of benzene rings is 1. The van der Waals surface area contributed by atoms with Gasteiger partial charge < -0.3 is 4.90 Å². The molecule has 0 aliphatic carbocycles. The van der Waals surface area contributed by atoms with E-state index in [0.717, 1.165) is 11.3 Å². The van der Waals surface area contributed by atoms with Crippen molar-refractivity contribution < 1.29 is 0 Å². The smallest absolute Gasteiger partial charge is 0.150 e. The molecule has 0 bridgehead atoms. The first-order valence-corrected chi connectivity index (χ1v) is 6.21. The molecule has 0 aliphatic rings. The normalized spacial score (nSPS) is 10.1. The van der Waals surface area contributed by atoms with Crippen LogP contribution in [0.15, 0.2) is 30.5 Å². The van der Waals surface area contributed by atoms with Gasteiger partial charge in [0, 0.05) is 18.9 Å². The maximum absolute atomic E-state index is 9.29. The second-order valence-corrected chi connectivity index (χ2v) is 4.79. The number of aryl methyl sites for hydroxylation is 3.